The van der Waals surface area contributed by atoms with Gasteiger partial charge in [0.15, 0.2) is 6.61 Å². The summed E-state index contributed by atoms with van der Waals surface area (Å²) in [6.45, 7) is -0.260. The molecule has 0 aromatic heterocycles. The number of para-hydroxylation sites is 1. The molecule has 0 spiro atoms. The van der Waals surface area contributed by atoms with Gasteiger partial charge in [0.25, 0.3) is 11.8 Å². The van der Waals surface area contributed by atoms with Crippen LogP contribution in [0.25, 0.3) is 0 Å². The Labute approximate surface area is 140 Å². The van der Waals surface area contributed by atoms with Crippen molar-refractivity contribution in [3.05, 3.63) is 63.6 Å². The van der Waals surface area contributed by atoms with E-state index in [1.165, 1.54) is 0 Å². The molecule has 2 rings (SSSR count). The smallest absolute Gasteiger partial charge is 0.276 e. The third-order valence-electron chi connectivity index (χ3n) is 2.62. The summed E-state index contributed by atoms with van der Waals surface area (Å²) < 4.78 is 6.11. The third-order valence-corrected chi connectivity index (χ3v) is 3.46. The van der Waals surface area contributed by atoms with Gasteiger partial charge in [-0.25, -0.2) is 0 Å². The summed E-state index contributed by atoms with van der Waals surface area (Å²) in [5.41, 5.74) is 5.00. The number of benzene rings is 2. The molecule has 0 unspecified atom stereocenters. The van der Waals surface area contributed by atoms with Crippen LogP contribution in [0.2, 0.25) is 5.02 Å². The summed E-state index contributed by atoms with van der Waals surface area (Å²) in [5, 5.41) is 0.411. The largest absolute Gasteiger partial charge is 0.482 e. The SMILES string of the molecule is O=C(COc1ccccc1Cl)NNC(=O)c1ccc(Br)cc1. The Hall–Kier alpha value is -2.05. The number of halogens is 2. The van der Waals surface area contributed by atoms with Gasteiger partial charge >= 0.3 is 0 Å². The van der Waals surface area contributed by atoms with Gasteiger partial charge in [-0.1, -0.05) is 39.7 Å². The lowest BCUT2D eigenvalue weighted by molar-refractivity contribution is -0.123. The van der Waals surface area contributed by atoms with Gasteiger partial charge in [-0.2, -0.15) is 0 Å². The van der Waals surface area contributed by atoms with Crippen molar-refractivity contribution in [3.63, 3.8) is 0 Å². The fraction of sp³-hybridized carbons (Fsp3) is 0.0667. The molecular weight excluding hydrogens is 372 g/mol. The summed E-state index contributed by atoms with van der Waals surface area (Å²) in [5.74, 6) is -0.512. The van der Waals surface area contributed by atoms with Gasteiger partial charge in [0.2, 0.25) is 0 Å². The number of hydrogen-bond donors (Lipinski definition) is 2. The predicted molar refractivity (Wildman–Crippen MR) is 86.7 cm³/mol. The van der Waals surface area contributed by atoms with Crippen LogP contribution < -0.4 is 15.6 Å². The Morgan fingerprint density at radius 2 is 1.73 bits per heavy atom. The minimum absolute atomic E-state index is 0.260. The summed E-state index contributed by atoms with van der Waals surface area (Å²) in [6, 6.07) is 13.5. The van der Waals surface area contributed by atoms with Gasteiger partial charge in [-0.3, -0.25) is 20.4 Å². The highest BCUT2D eigenvalue weighted by Gasteiger charge is 2.08. The van der Waals surface area contributed by atoms with Crippen molar-refractivity contribution in [2.75, 3.05) is 6.61 Å². The van der Waals surface area contributed by atoms with Crippen molar-refractivity contribution in [1.29, 1.82) is 0 Å². The molecule has 2 N–H and O–H groups in total. The Morgan fingerprint density at radius 1 is 1.05 bits per heavy atom. The van der Waals surface area contributed by atoms with Gasteiger partial charge in [0.05, 0.1) is 5.02 Å². The first kappa shape index (κ1) is 16.3. The molecule has 0 aliphatic rings. The van der Waals surface area contributed by atoms with Crippen LogP contribution in [-0.2, 0) is 4.79 Å². The molecule has 2 amide bonds. The summed E-state index contributed by atoms with van der Waals surface area (Å²) >= 11 is 9.17. The Balaban J connectivity index is 1.79. The highest BCUT2D eigenvalue weighted by molar-refractivity contribution is 9.10. The highest BCUT2D eigenvalue weighted by atomic mass is 79.9. The average Bonchev–Trinajstić information content (AvgIpc) is 2.52. The van der Waals surface area contributed by atoms with Crippen molar-refractivity contribution in [2.24, 2.45) is 0 Å². The van der Waals surface area contributed by atoms with E-state index >= 15 is 0 Å². The second kappa shape index (κ2) is 7.82. The molecule has 0 radical (unpaired) electrons. The molecule has 0 fully saturated rings. The monoisotopic (exact) mass is 382 g/mol. The lowest BCUT2D eigenvalue weighted by atomic mass is 10.2. The molecule has 5 nitrogen and oxygen atoms in total. The maximum Gasteiger partial charge on any atom is 0.276 e. The minimum atomic E-state index is -0.495. The van der Waals surface area contributed by atoms with Crippen LogP contribution in [0.4, 0.5) is 0 Å². The van der Waals surface area contributed by atoms with E-state index in [4.69, 9.17) is 16.3 Å². The van der Waals surface area contributed by atoms with Crippen LogP contribution >= 0.6 is 27.5 Å². The molecule has 2 aromatic carbocycles. The number of nitrogens with one attached hydrogen (secondary N) is 2. The predicted octanol–water partition coefficient (Wildman–Crippen LogP) is 2.94. The number of amides is 2. The maximum atomic E-state index is 11.8. The van der Waals surface area contributed by atoms with Crippen molar-refractivity contribution in [3.8, 4) is 5.75 Å². The van der Waals surface area contributed by atoms with Crippen LogP contribution in [-0.4, -0.2) is 18.4 Å². The first-order valence-corrected chi connectivity index (χ1v) is 7.45. The minimum Gasteiger partial charge on any atom is -0.482 e. The number of carbonyl (C=O) groups is 2. The van der Waals surface area contributed by atoms with E-state index in [0.717, 1.165) is 4.47 Å². The number of hydrogen-bond acceptors (Lipinski definition) is 3. The van der Waals surface area contributed by atoms with E-state index in [9.17, 15) is 9.59 Å². The van der Waals surface area contributed by atoms with Crippen LogP contribution in [0.15, 0.2) is 53.0 Å². The van der Waals surface area contributed by atoms with Crippen LogP contribution in [0.1, 0.15) is 10.4 Å². The molecule has 0 aliphatic heterocycles. The number of carbonyl (C=O) groups excluding carboxylic acids is 2. The lowest BCUT2D eigenvalue weighted by Gasteiger charge is -2.09. The zero-order valence-electron chi connectivity index (χ0n) is 11.3. The normalized spacial score (nSPS) is 9.91. The van der Waals surface area contributed by atoms with Gasteiger partial charge in [0.1, 0.15) is 5.75 Å². The molecule has 0 aliphatic carbocycles. The van der Waals surface area contributed by atoms with Crippen LogP contribution in [0.5, 0.6) is 5.75 Å². The molecule has 0 bridgehead atoms. The van der Waals surface area contributed by atoms with Crippen LogP contribution in [0, 0.1) is 0 Å². The van der Waals surface area contributed by atoms with Gasteiger partial charge < -0.3 is 4.74 Å². The molecule has 22 heavy (non-hydrogen) atoms. The van der Waals surface area contributed by atoms with Crippen molar-refractivity contribution < 1.29 is 14.3 Å². The molecule has 0 saturated heterocycles. The molecule has 114 valence electrons. The lowest BCUT2D eigenvalue weighted by Crippen LogP contribution is -2.43. The quantitative estimate of drug-likeness (QED) is 0.798. The molecule has 0 saturated carbocycles. The van der Waals surface area contributed by atoms with E-state index in [-0.39, 0.29) is 6.61 Å². The fourth-order valence-electron chi connectivity index (χ4n) is 1.54. The summed E-state index contributed by atoms with van der Waals surface area (Å²) in [4.78, 5) is 23.4. The van der Waals surface area contributed by atoms with Gasteiger partial charge in [0, 0.05) is 10.0 Å². The van der Waals surface area contributed by atoms with E-state index in [1.807, 2.05) is 0 Å². The molecule has 0 heterocycles. The molecule has 0 atom stereocenters. The average molecular weight is 384 g/mol. The maximum absolute atomic E-state index is 11.8. The van der Waals surface area contributed by atoms with E-state index in [1.54, 1.807) is 48.5 Å². The highest BCUT2D eigenvalue weighted by Crippen LogP contribution is 2.22. The van der Waals surface area contributed by atoms with Crippen molar-refractivity contribution in [1.82, 2.24) is 10.9 Å². The number of rotatable bonds is 4. The van der Waals surface area contributed by atoms with Crippen LogP contribution in [0.3, 0.4) is 0 Å². The van der Waals surface area contributed by atoms with E-state index in [2.05, 4.69) is 26.8 Å². The van der Waals surface area contributed by atoms with Gasteiger partial charge in [-0.05, 0) is 36.4 Å². The first-order valence-electron chi connectivity index (χ1n) is 6.28. The molecular formula is C15H12BrClN2O3. The fourth-order valence-corrected chi connectivity index (χ4v) is 2.00. The summed E-state index contributed by atoms with van der Waals surface area (Å²) in [7, 11) is 0. The number of hydrazine groups is 1. The van der Waals surface area contributed by atoms with E-state index < -0.39 is 11.8 Å². The van der Waals surface area contributed by atoms with E-state index in [0.29, 0.717) is 16.3 Å². The van der Waals surface area contributed by atoms with Crippen molar-refractivity contribution >= 4 is 39.3 Å². The molecule has 7 heteroatoms. The summed E-state index contributed by atoms with van der Waals surface area (Å²) in [6.07, 6.45) is 0. The standard InChI is InChI=1S/C15H12BrClN2O3/c16-11-7-5-10(6-8-11)15(21)19-18-14(20)9-22-13-4-2-1-3-12(13)17/h1-8H,9H2,(H,18,20)(H,19,21). The topological polar surface area (TPSA) is 67.4 Å². The Bertz CT molecular complexity index is 677. The van der Waals surface area contributed by atoms with Gasteiger partial charge in [-0.15, -0.1) is 0 Å². The Kier molecular flexibility index (Phi) is 5.80. The second-order valence-corrected chi connectivity index (χ2v) is 5.55. The number of ether oxygens (including phenoxy) is 1. The Morgan fingerprint density at radius 3 is 2.41 bits per heavy atom. The van der Waals surface area contributed by atoms with Crippen molar-refractivity contribution in [2.45, 2.75) is 0 Å². The second-order valence-electron chi connectivity index (χ2n) is 4.23. The molecule has 2 aromatic rings. The third kappa shape index (κ3) is 4.75. The zero-order chi connectivity index (χ0) is 15.9. The first-order chi connectivity index (χ1) is 10.6. The zero-order valence-corrected chi connectivity index (χ0v) is 13.6.